The highest BCUT2D eigenvalue weighted by molar-refractivity contribution is 5.92. The smallest absolute Gasteiger partial charge is 0.269 e. The van der Waals surface area contributed by atoms with E-state index >= 15 is 0 Å². The highest BCUT2D eigenvalue weighted by atomic mass is 16.5. The third-order valence-electron chi connectivity index (χ3n) is 4.14. The quantitative estimate of drug-likeness (QED) is 0.912. The first kappa shape index (κ1) is 14.8. The fourth-order valence-corrected chi connectivity index (χ4v) is 2.77. The fraction of sp³-hybridized carbons (Fsp3) is 0.600. The third-order valence-corrected chi connectivity index (χ3v) is 4.14. The minimum absolute atomic E-state index is 0.150. The van der Waals surface area contributed by atoms with E-state index in [1.165, 1.54) is 0 Å². The van der Waals surface area contributed by atoms with Crippen molar-refractivity contribution in [3.63, 3.8) is 0 Å². The summed E-state index contributed by atoms with van der Waals surface area (Å²) in [4.78, 5) is 18.0. The summed E-state index contributed by atoms with van der Waals surface area (Å²) in [6, 6.07) is 4.30. The molecule has 1 heterocycles. The maximum absolute atomic E-state index is 11.6. The van der Waals surface area contributed by atoms with Gasteiger partial charge >= 0.3 is 0 Å². The topological polar surface area (TPSA) is 54.5 Å². The summed E-state index contributed by atoms with van der Waals surface area (Å²) in [6.07, 6.45) is 6.52. The van der Waals surface area contributed by atoms with Crippen molar-refractivity contribution in [1.29, 1.82) is 0 Å². The monoisotopic (exact) mass is 277 g/mol. The van der Waals surface area contributed by atoms with Gasteiger partial charge in [-0.3, -0.25) is 9.78 Å². The first-order valence-electron chi connectivity index (χ1n) is 7.09. The minimum Gasteiger partial charge on any atom is -0.381 e. The molecule has 20 heavy (non-hydrogen) atoms. The molecule has 1 fully saturated rings. The van der Waals surface area contributed by atoms with Gasteiger partial charge in [0.05, 0.1) is 6.10 Å². The van der Waals surface area contributed by atoms with Crippen LogP contribution in [-0.2, 0) is 4.74 Å². The summed E-state index contributed by atoms with van der Waals surface area (Å²) in [7, 11) is 5.49. The van der Waals surface area contributed by atoms with Crippen molar-refractivity contribution in [2.75, 3.05) is 26.1 Å². The number of nitrogens with one attached hydrogen (secondary N) is 1. The van der Waals surface area contributed by atoms with Crippen molar-refractivity contribution < 1.29 is 9.53 Å². The summed E-state index contributed by atoms with van der Waals surface area (Å²) < 4.78 is 5.41. The van der Waals surface area contributed by atoms with E-state index in [9.17, 15) is 4.79 Å². The molecule has 1 aliphatic rings. The Kier molecular flexibility index (Phi) is 4.95. The number of amides is 1. The Labute approximate surface area is 120 Å². The van der Waals surface area contributed by atoms with Gasteiger partial charge in [0, 0.05) is 39.1 Å². The zero-order valence-electron chi connectivity index (χ0n) is 12.4. The van der Waals surface area contributed by atoms with Gasteiger partial charge in [-0.2, -0.15) is 0 Å². The molecule has 5 nitrogen and oxygen atoms in total. The molecule has 1 aliphatic carbocycles. The number of pyridine rings is 1. The molecular weight excluding hydrogens is 254 g/mol. The molecule has 1 saturated carbocycles. The summed E-state index contributed by atoms with van der Waals surface area (Å²) in [5.41, 5.74) is 1.50. The lowest BCUT2D eigenvalue weighted by Gasteiger charge is -2.35. The first-order valence-corrected chi connectivity index (χ1v) is 7.09. The molecule has 5 heteroatoms. The van der Waals surface area contributed by atoms with E-state index in [0.717, 1.165) is 31.4 Å². The molecule has 1 N–H and O–H groups in total. The summed E-state index contributed by atoms with van der Waals surface area (Å²) in [6.45, 7) is 0. The number of nitrogens with zero attached hydrogens (tertiary/aromatic N) is 2. The number of hydrogen-bond acceptors (Lipinski definition) is 4. The SMILES string of the molecule is CNC(=O)c1cc(N(C)C2CCC(OC)CC2)ccn1. The second-order valence-corrected chi connectivity index (χ2v) is 5.26. The summed E-state index contributed by atoms with van der Waals surface area (Å²) >= 11 is 0. The Hall–Kier alpha value is -1.62. The molecule has 0 aromatic carbocycles. The van der Waals surface area contributed by atoms with Crippen molar-refractivity contribution in [3.05, 3.63) is 24.0 Å². The van der Waals surface area contributed by atoms with Crippen molar-refractivity contribution in [3.8, 4) is 0 Å². The number of anilines is 1. The largest absolute Gasteiger partial charge is 0.381 e. The van der Waals surface area contributed by atoms with Crippen molar-refractivity contribution in [2.45, 2.75) is 37.8 Å². The second kappa shape index (κ2) is 6.70. The van der Waals surface area contributed by atoms with Crippen LogP contribution in [0.3, 0.4) is 0 Å². The van der Waals surface area contributed by atoms with Crippen LogP contribution in [0.1, 0.15) is 36.2 Å². The number of aromatic nitrogens is 1. The lowest BCUT2D eigenvalue weighted by atomic mass is 9.92. The lowest BCUT2D eigenvalue weighted by Crippen LogP contribution is -2.37. The zero-order valence-corrected chi connectivity index (χ0v) is 12.4. The van der Waals surface area contributed by atoms with Gasteiger partial charge in [0.15, 0.2) is 0 Å². The van der Waals surface area contributed by atoms with Crippen LogP contribution in [0, 0.1) is 0 Å². The van der Waals surface area contributed by atoms with Gasteiger partial charge < -0.3 is 15.0 Å². The predicted octanol–water partition coefficient (Wildman–Crippen LogP) is 1.83. The molecule has 0 spiro atoms. The van der Waals surface area contributed by atoms with Gasteiger partial charge in [0.25, 0.3) is 5.91 Å². The second-order valence-electron chi connectivity index (χ2n) is 5.26. The number of ether oxygens (including phenoxy) is 1. The van der Waals surface area contributed by atoms with Gasteiger partial charge in [-0.05, 0) is 37.8 Å². The van der Waals surface area contributed by atoms with Crippen LogP contribution in [0.4, 0.5) is 5.69 Å². The Morgan fingerprint density at radius 3 is 2.70 bits per heavy atom. The van der Waals surface area contributed by atoms with Crippen LogP contribution < -0.4 is 10.2 Å². The average Bonchev–Trinajstić information content (AvgIpc) is 2.53. The molecule has 0 bridgehead atoms. The Balaban J connectivity index is 2.05. The number of methoxy groups -OCH3 is 1. The minimum atomic E-state index is -0.150. The highest BCUT2D eigenvalue weighted by Crippen LogP contribution is 2.27. The number of hydrogen-bond donors (Lipinski definition) is 1. The van der Waals surface area contributed by atoms with Crippen molar-refractivity contribution in [1.82, 2.24) is 10.3 Å². The Bertz CT molecular complexity index is 456. The lowest BCUT2D eigenvalue weighted by molar-refractivity contribution is 0.0660. The van der Waals surface area contributed by atoms with Crippen LogP contribution >= 0.6 is 0 Å². The van der Waals surface area contributed by atoms with Gasteiger partial charge in [-0.1, -0.05) is 0 Å². The molecule has 0 radical (unpaired) electrons. The van der Waals surface area contributed by atoms with E-state index in [1.54, 1.807) is 20.4 Å². The normalized spacial score (nSPS) is 22.4. The predicted molar refractivity (Wildman–Crippen MR) is 79.1 cm³/mol. The third kappa shape index (κ3) is 3.28. The highest BCUT2D eigenvalue weighted by Gasteiger charge is 2.24. The van der Waals surface area contributed by atoms with Crippen LogP contribution in [0.15, 0.2) is 18.3 Å². The summed E-state index contributed by atoms with van der Waals surface area (Å²) in [5.74, 6) is -0.150. The average molecular weight is 277 g/mol. The molecule has 1 amide bonds. The molecular formula is C15H23N3O2. The molecule has 0 aliphatic heterocycles. The number of carbonyl (C=O) groups excluding carboxylic acids is 1. The summed E-state index contributed by atoms with van der Waals surface area (Å²) in [5, 5.41) is 2.60. The molecule has 0 atom stereocenters. The van der Waals surface area contributed by atoms with E-state index in [0.29, 0.717) is 17.8 Å². The maximum Gasteiger partial charge on any atom is 0.269 e. The van der Waals surface area contributed by atoms with E-state index in [1.807, 2.05) is 12.1 Å². The van der Waals surface area contributed by atoms with Gasteiger partial charge in [0.1, 0.15) is 5.69 Å². The fourth-order valence-electron chi connectivity index (χ4n) is 2.77. The van der Waals surface area contributed by atoms with Crippen LogP contribution in [0.5, 0.6) is 0 Å². The van der Waals surface area contributed by atoms with Crippen molar-refractivity contribution in [2.24, 2.45) is 0 Å². The van der Waals surface area contributed by atoms with E-state index in [4.69, 9.17) is 4.74 Å². The van der Waals surface area contributed by atoms with Crippen LogP contribution in [0.25, 0.3) is 0 Å². The zero-order chi connectivity index (χ0) is 14.5. The number of rotatable bonds is 4. The molecule has 1 aromatic rings. The van der Waals surface area contributed by atoms with Gasteiger partial charge in [0.2, 0.25) is 0 Å². The van der Waals surface area contributed by atoms with E-state index in [2.05, 4.69) is 22.2 Å². The van der Waals surface area contributed by atoms with E-state index < -0.39 is 0 Å². The molecule has 0 saturated heterocycles. The van der Waals surface area contributed by atoms with Crippen molar-refractivity contribution >= 4 is 11.6 Å². The standard InChI is InChI=1S/C15H23N3O2/c1-16-15(19)14-10-12(8-9-17-14)18(2)11-4-6-13(20-3)7-5-11/h8-11,13H,4-7H2,1-3H3,(H,16,19). The number of carbonyl (C=O) groups is 1. The first-order chi connectivity index (χ1) is 9.65. The van der Waals surface area contributed by atoms with Gasteiger partial charge in [-0.15, -0.1) is 0 Å². The van der Waals surface area contributed by atoms with E-state index in [-0.39, 0.29) is 5.91 Å². The molecule has 110 valence electrons. The maximum atomic E-state index is 11.6. The van der Waals surface area contributed by atoms with Gasteiger partial charge in [-0.25, -0.2) is 0 Å². The molecule has 2 rings (SSSR count). The van der Waals surface area contributed by atoms with Crippen LogP contribution in [0.2, 0.25) is 0 Å². The molecule has 1 aromatic heterocycles. The Morgan fingerprint density at radius 1 is 1.40 bits per heavy atom. The molecule has 0 unspecified atom stereocenters. The van der Waals surface area contributed by atoms with Crippen LogP contribution in [-0.4, -0.2) is 44.2 Å². The Morgan fingerprint density at radius 2 is 2.10 bits per heavy atom.